The van der Waals surface area contributed by atoms with E-state index >= 15 is 0 Å². The van der Waals surface area contributed by atoms with Crippen LogP contribution in [-0.2, 0) is 4.74 Å². The lowest BCUT2D eigenvalue weighted by Crippen LogP contribution is -2.11. The molecular formula is C11H16O. The molecule has 0 saturated carbocycles. The largest absolute Gasteiger partial charge is 0.376 e. The Balaban J connectivity index is 2.32. The van der Waals surface area contributed by atoms with Crippen LogP contribution in [0.2, 0.25) is 0 Å². The second kappa shape index (κ2) is 3.06. The predicted octanol–water partition coefficient (Wildman–Crippen LogP) is 2.55. The van der Waals surface area contributed by atoms with Gasteiger partial charge < -0.3 is 4.74 Å². The molecule has 0 aromatic rings. The molecule has 0 radical (unpaired) electrons. The molecule has 0 N–H and O–H groups in total. The van der Waals surface area contributed by atoms with Crippen molar-refractivity contribution in [2.24, 2.45) is 11.8 Å². The number of rotatable bonds is 1. The lowest BCUT2D eigenvalue weighted by molar-refractivity contribution is 0.195. The molecule has 1 nitrogen and oxygen atoms in total. The van der Waals surface area contributed by atoms with E-state index in [2.05, 4.69) is 26.0 Å². The van der Waals surface area contributed by atoms with E-state index < -0.39 is 0 Å². The third-order valence-electron chi connectivity index (χ3n) is 2.98. The molecule has 0 spiro atoms. The molecule has 0 bridgehead atoms. The highest BCUT2D eigenvalue weighted by atomic mass is 16.5. The molecule has 0 amide bonds. The molecule has 2 rings (SSSR count). The standard InChI is InChI=1S/C11H16O/c1-3-10-8(2)4-5-9-6-12-7-11(9)10/h4-5,8-9H,3,6-7H2,1-2H3/t8-,9-/m1/s1. The molecule has 66 valence electrons. The van der Waals surface area contributed by atoms with Crippen molar-refractivity contribution in [3.05, 3.63) is 23.3 Å². The molecular weight excluding hydrogens is 148 g/mol. The summed E-state index contributed by atoms with van der Waals surface area (Å²) in [5.41, 5.74) is 3.17. The minimum Gasteiger partial charge on any atom is -0.376 e. The summed E-state index contributed by atoms with van der Waals surface area (Å²) in [4.78, 5) is 0. The first-order valence-electron chi connectivity index (χ1n) is 4.80. The second-order valence-electron chi connectivity index (χ2n) is 3.70. The summed E-state index contributed by atoms with van der Waals surface area (Å²) in [5.74, 6) is 1.25. The van der Waals surface area contributed by atoms with E-state index in [9.17, 15) is 0 Å². The van der Waals surface area contributed by atoms with Crippen molar-refractivity contribution >= 4 is 0 Å². The van der Waals surface area contributed by atoms with Crippen LogP contribution in [0.25, 0.3) is 0 Å². The van der Waals surface area contributed by atoms with E-state index in [0.29, 0.717) is 11.8 Å². The lowest BCUT2D eigenvalue weighted by atomic mass is 9.83. The van der Waals surface area contributed by atoms with Gasteiger partial charge in [-0.15, -0.1) is 0 Å². The summed E-state index contributed by atoms with van der Waals surface area (Å²) in [6.07, 6.45) is 5.81. The molecule has 1 heterocycles. The maximum atomic E-state index is 5.46. The van der Waals surface area contributed by atoms with Gasteiger partial charge in [0.2, 0.25) is 0 Å². The van der Waals surface area contributed by atoms with Crippen molar-refractivity contribution in [1.82, 2.24) is 0 Å². The molecule has 1 heteroatoms. The Labute approximate surface area is 74.1 Å². The van der Waals surface area contributed by atoms with Gasteiger partial charge in [0.25, 0.3) is 0 Å². The highest BCUT2D eigenvalue weighted by Crippen LogP contribution is 2.34. The Morgan fingerprint density at radius 1 is 1.50 bits per heavy atom. The van der Waals surface area contributed by atoms with Crippen LogP contribution >= 0.6 is 0 Å². The quantitative estimate of drug-likeness (QED) is 0.541. The third kappa shape index (κ3) is 1.13. The molecule has 0 aromatic carbocycles. The molecule has 2 atom stereocenters. The van der Waals surface area contributed by atoms with Crippen molar-refractivity contribution in [1.29, 1.82) is 0 Å². The van der Waals surface area contributed by atoms with E-state index in [0.717, 1.165) is 13.2 Å². The van der Waals surface area contributed by atoms with Crippen molar-refractivity contribution in [2.45, 2.75) is 20.3 Å². The summed E-state index contributed by atoms with van der Waals surface area (Å²) in [5, 5.41) is 0. The summed E-state index contributed by atoms with van der Waals surface area (Å²) in [6.45, 7) is 6.30. The van der Waals surface area contributed by atoms with Crippen molar-refractivity contribution in [3.63, 3.8) is 0 Å². The number of hydrogen-bond acceptors (Lipinski definition) is 1. The van der Waals surface area contributed by atoms with Crippen LogP contribution in [0.5, 0.6) is 0 Å². The van der Waals surface area contributed by atoms with Gasteiger partial charge in [0.15, 0.2) is 0 Å². The van der Waals surface area contributed by atoms with E-state index in [-0.39, 0.29) is 0 Å². The Hall–Kier alpha value is -0.560. The summed E-state index contributed by atoms with van der Waals surface area (Å²) < 4.78 is 5.46. The van der Waals surface area contributed by atoms with Crippen molar-refractivity contribution in [3.8, 4) is 0 Å². The fraction of sp³-hybridized carbons (Fsp3) is 0.636. The van der Waals surface area contributed by atoms with Gasteiger partial charge in [0.05, 0.1) is 13.2 Å². The van der Waals surface area contributed by atoms with Gasteiger partial charge in [-0.05, 0) is 17.9 Å². The Morgan fingerprint density at radius 2 is 2.33 bits per heavy atom. The first kappa shape index (κ1) is 8.06. The molecule has 0 unspecified atom stereocenters. The van der Waals surface area contributed by atoms with Gasteiger partial charge in [0.1, 0.15) is 0 Å². The van der Waals surface area contributed by atoms with E-state index in [1.54, 1.807) is 11.1 Å². The van der Waals surface area contributed by atoms with Crippen molar-refractivity contribution < 1.29 is 4.74 Å². The van der Waals surface area contributed by atoms with Crippen LogP contribution in [0, 0.1) is 11.8 Å². The van der Waals surface area contributed by atoms with Crippen LogP contribution in [0.4, 0.5) is 0 Å². The number of hydrogen-bond donors (Lipinski definition) is 0. The fourth-order valence-electron chi connectivity index (χ4n) is 2.26. The summed E-state index contributed by atoms with van der Waals surface area (Å²) in [7, 11) is 0. The highest BCUT2D eigenvalue weighted by molar-refractivity contribution is 5.32. The maximum absolute atomic E-state index is 5.46. The van der Waals surface area contributed by atoms with Gasteiger partial charge in [0, 0.05) is 5.92 Å². The minimum absolute atomic E-state index is 0.608. The SMILES string of the molecule is CCC1=C2COC[C@H]2C=C[C@H]1C. The third-order valence-corrected chi connectivity index (χ3v) is 2.98. The van der Waals surface area contributed by atoms with Gasteiger partial charge in [-0.2, -0.15) is 0 Å². The lowest BCUT2D eigenvalue weighted by Gasteiger charge is -2.21. The number of ether oxygens (including phenoxy) is 1. The van der Waals surface area contributed by atoms with E-state index in [4.69, 9.17) is 4.74 Å². The van der Waals surface area contributed by atoms with Gasteiger partial charge in [-0.1, -0.05) is 31.6 Å². The molecule has 12 heavy (non-hydrogen) atoms. The fourth-order valence-corrected chi connectivity index (χ4v) is 2.26. The average Bonchev–Trinajstić information content (AvgIpc) is 2.52. The maximum Gasteiger partial charge on any atom is 0.0686 e. The molecule has 1 saturated heterocycles. The Bertz CT molecular complexity index is 237. The Kier molecular flexibility index (Phi) is 2.05. The van der Waals surface area contributed by atoms with Gasteiger partial charge in [-0.3, -0.25) is 0 Å². The van der Waals surface area contributed by atoms with Crippen LogP contribution < -0.4 is 0 Å². The summed E-state index contributed by atoms with van der Waals surface area (Å²) >= 11 is 0. The zero-order valence-electron chi connectivity index (χ0n) is 7.84. The molecule has 1 aliphatic carbocycles. The van der Waals surface area contributed by atoms with E-state index in [1.165, 1.54) is 6.42 Å². The van der Waals surface area contributed by atoms with Gasteiger partial charge >= 0.3 is 0 Å². The minimum atomic E-state index is 0.608. The van der Waals surface area contributed by atoms with Gasteiger partial charge in [-0.25, -0.2) is 0 Å². The first-order chi connectivity index (χ1) is 5.83. The molecule has 2 aliphatic rings. The predicted molar refractivity (Wildman–Crippen MR) is 49.9 cm³/mol. The smallest absolute Gasteiger partial charge is 0.0686 e. The molecule has 1 aliphatic heterocycles. The van der Waals surface area contributed by atoms with Crippen molar-refractivity contribution in [2.75, 3.05) is 13.2 Å². The highest BCUT2D eigenvalue weighted by Gasteiger charge is 2.26. The van der Waals surface area contributed by atoms with Crippen LogP contribution in [0.1, 0.15) is 20.3 Å². The van der Waals surface area contributed by atoms with Crippen LogP contribution in [0.3, 0.4) is 0 Å². The monoisotopic (exact) mass is 164 g/mol. The first-order valence-corrected chi connectivity index (χ1v) is 4.80. The topological polar surface area (TPSA) is 9.23 Å². The zero-order valence-corrected chi connectivity index (χ0v) is 7.84. The molecule has 1 fully saturated rings. The number of fused-ring (bicyclic) bond motifs is 1. The number of allylic oxidation sites excluding steroid dienone is 2. The zero-order chi connectivity index (χ0) is 8.55. The van der Waals surface area contributed by atoms with Crippen LogP contribution in [-0.4, -0.2) is 13.2 Å². The summed E-state index contributed by atoms with van der Waals surface area (Å²) in [6, 6.07) is 0. The molecule has 0 aromatic heterocycles. The Morgan fingerprint density at radius 3 is 3.08 bits per heavy atom. The second-order valence-corrected chi connectivity index (χ2v) is 3.70. The average molecular weight is 164 g/mol. The normalized spacial score (nSPS) is 34.2. The van der Waals surface area contributed by atoms with Crippen LogP contribution in [0.15, 0.2) is 23.3 Å². The van der Waals surface area contributed by atoms with E-state index in [1.807, 2.05) is 0 Å².